The van der Waals surface area contributed by atoms with Gasteiger partial charge in [-0.05, 0) is 36.1 Å². The van der Waals surface area contributed by atoms with E-state index in [-0.39, 0.29) is 30.7 Å². The summed E-state index contributed by atoms with van der Waals surface area (Å²) in [5.41, 5.74) is 10.1. The smallest absolute Gasteiger partial charge is 0.256 e. The maximum absolute atomic E-state index is 11.7. The Balaban J connectivity index is 0.00000242. The van der Waals surface area contributed by atoms with Crippen LogP contribution in [-0.2, 0) is 4.79 Å². The van der Waals surface area contributed by atoms with Gasteiger partial charge in [0.15, 0.2) is 0 Å². The number of nitrogens with two attached hydrogens (primary N) is 1. The largest absolute Gasteiger partial charge is 0.320 e. The Morgan fingerprint density at radius 3 is 2.78 bits per heavy atom. The predicted octanol–water partition coefficient (Wildman–Crippen LogP) is 2.90. The molecule has 2 aromatic rings. The van der Waals surface area contributed by atoms with Crippen LogP contribution in [0.25, 0.3) is 10.9 Å². The van der Waals surface area contributed by atoms with Gasteiger partial charge in [-0.2, -0.15) is 5.10 Å². The van der Waals surface area contributed by atoms with Crippen LogP contribution in [0.3, 0.4) is 0 Å². The molecule has 1 amide bonds. The zero-order valence-corrected chi connectivity index (χ0v) is 14.7. The van der Waals surface area contributed by atoms with Gasteiger partial charge < -0.3 is 5.73 Å². The third kappa shape index (κ3) is 6.52. The predicted molar refractivity (Wildman–Crippen MR) is 99.4 cm³/mol. The maximum Gasteiger partial charge on any atom is 0.256 e. The molecule has 0 radical (unpaired) electrons. The van der Waals surface area contributed by atoms with Crippen molar-refractivity contribution in [1.82, 2.24) is 10.4 Å². The molecule has 5 nitrogen and oxygen atoms in total. The van der Waals surface area contributed by atoms with E-state index >= 15 is 0 Å². The zero-order chi connectivity index (χ0) is 15.2. The molecule has 23 heavy (non-hydrogen) atoms. The van der Waals surface area contributed by atoms with Gasteiger partial charge in [-0.25, -0.2) is 5.43 Å². The van der Waals surface area contributed by atoms with Crippen LogP contribution in [-0.4, -0.2) is 23.1 Å². The lowest BCUT2D eigenvalue weighted by Gasteiger charge is -2.11. The lowest BCUT2D eigenvalue weighted by atomic mass is 10.0. The summed E-state index contributed by atoms with van der Waals surface area (Å²) in [4.78, 5) is 16.0. The fourth-order valence-corrected chi connectivity index (χ4v) is 2.04. The fourth-order valence-electron chi connectivity index (χ4n) is 2.04. The van der Waals surface area contributed by atoms with Gasteiger partial charge in [-0.1, -0.05) is 26.0 Å². The van der Waals surface area contributed by atoms with Crippen molar-refractivity contribution in [3.63, 3.8) is 0 Å². The Bertz CT molecular complexity index is 661. The van der Waals surface area contributed by atoms with Crippen molar-refractivity contribution in [2.24, 2.45) is 16.8 Å². The Morgan fingerprint density at radius 2 is 2.09 bits per heavy atom. The van der Waals surface area contributed by atoms with Gasteiger partial charge in [0.2, 0.25) is 0 Å². The highest BCUT2D eigenvalue weighted by Crippen LogP contribution is 2.11. The molecule has 1 atom stereocenters. The Morgan fingerprint density at radius 1 is 1.35 bits per heavy atom. The minimum atomic E-state index is -0.525. The average Bonchev–Trinajstić information content (AvgIpc) is 2.46. The molecule has 2 rings (SSSR count). The highest BCUT2D eigenvalue weighted by Gasteiger charge is 2.13. The summed E-state index contributed by atoms with van der Waals surface area (Å²) in [5, 5.41) is 4.98. The van der Waals surface area contributed by atoms with Gasteiger partial charge in [0.05, 0.1) is 17.8 Å². The Hall–Kier alpha value is -1.69. The summed E-state index contributed by atoms with van der Waals surface area (Å²) in [5.74, 6) is 0.116. The Kier molecular flexibility index (Phi) is 9.41. The number of nitrogens with one attached hydrogen (secondary N) is 1. The molecule has 0 saturated carbocycles. The second-order valence-electron chi connectivity index (χ2n) is 5.43. The first kappa shape index (κ1) is 21.3. The van der Waals surface area contributed by atoms with Crippen LogP contribution >= 0.6 is 24.8 Å². The van der Waals surface area contributed by atoms with E-state index in [1.54, 1.807) is 12.4 Å². The van der Waals surface area contributed by atoms with E-state index in [0.29, 0.717) is 12.3 Å². The lowest BCUT2D eigenvalue weighted by molar-refractivity contribution is -0.122. The van der Waals surface area contributed by atoms with Crippen molar-refractivity contribution in [3.05, 3.63) is 42.1 Å². The topological polar surface area (TPSA) is 80.4 Å². The number of carbonyl (C=O) groups is 1. The van der Waals surface area contributed by atoms with Crippen molar-refractivity contribution >= 4 is 47.8 Å². The number of carbonyl (C=O) groups excluding carboxylic acids is 1. The molecule has 0 unspecified atom stereocenters. The van der Waals surface area contributed by atoms with Gasteiger partial charge in [0.1, 0.15) is 0 Å². The number of halogens is 2. The first-order chi connectivity index (χ1) is 10.1. The average molecular weight is 357 g/mol. The molecule has 126 valence electrons. The number of pyridine rings is 1. The standard InChI is InChI=1S/C16H20N4O.2ClH/c1-11(2)8-14(17)16(21)20-19-10-12-5-6-15-13(9-12)4-3-7-18-15;;/h3-7,9-11,14H,8,17H2,1-2H3,(H,20,21);2*1H/b19-10+;;/t14-;;/m0../s1. The van der Waals surface area contributed by atoms with E-state index in [1.807, 2.05) is 44.2 Å². The zero-order valence-electron chi connectivity index (χ0n) is 13.1. The van der Waals surface area contributed by atoms with Crippen LogP contribution in [0.15, 0.2) is 41.6 Å². The molecule has 0 saturated heterocycles. The Labute approximate surface area is 148 Å². The van der Waals surface area contributed by atoms with E-state index < -0.39 is 6.04 Å². The third-order valence-electron chi connectivity index (χ3n) is 3.08. The number of rotatable bonds is 5. The molecule has 3 N–H and O–H groups in total. The highest BCUT2D eigenvalue weighted by molar-refractivity contribution is 5.89. The summed E-state index contributed by atoms with van der Waals surface area (Å²) in [6, 6.07) is 9.13. The summed E-state index contributed by atoms with van der Waals surface area (Å²) in [6.45, 7) is 4.05. The van der Waals surface area contributed by atoms with Gasteiger partial charge in [-0.15, -0.1) is 24.8 Å². The summed E-state index contributed by atoms with van der Waals surface area (Å²) >= 11 is 0. The molecule has 1 heterocycles. The molecule has 1 aromatic carbocycles. The number of nitrogens with zero attached hydrogens (tertiary/aromatic N) is 2. The van der Waals surface area contributed by atoms with Crippen LogP contribution in [0, 0.1) is 5.92 Å². The number of hydrogen-bond donors (Lipinski definition) is 2. The van der Waals surface area contributed by atoms with Crippen LogP contribution in [0.1, 0.15) is 25.8 Å². The maximum atomic E-state index is 11.7. The highest BCUT2D eigenvalue weighted by atomic mass is 35.5. The molecule has 0 spiro atoms. The molecule has 0 aliphatic carbocycles. The first-order valence-electron chi connectivity index (χ1n) is 6.99. The SMILES string of the molecule is CC(C)C[C@H](N)C(=O)N/N=C/c1ccc2ncccc2c1.Cl.Cl. The quantitative estimate of drug-likeness (QED) is 0.638. The van der Waals surface area contributed by atoms with E-state index in [2.05, 4.69) is 15.5 Å². The second kappa shape index (κ2) is 10.2. The summed E-state index contributed by atoms with van der Waals surface area (Å²) < 4.78 is 0. The van der Waals surface area contributed by atoms with Crippen LogP contribution < -0.4 is 11.2 Å². The first-order valence-corrected chi connectivity index (χ1v) is 6.99. The molecule has 0 fully saturated rings. The van der Waals surface area contributed by atoms with Crippen molar-refractivity contribution in [2.45, 2.75) is 26.3 Å². The summed E-state index contributed by atoms with van der Waals surface area (Å²) in [7, 11) is 0. The second-order valence-corrected chi connectivity index (χ2v) is 5.43. The monoisotopic (exact) mass is 356 g/mol. The van der Waals surface area contributed by atoms with Gasteiger partial charge in [0, 0.05) is 11.6 Å². The minimum absolute atomic E-state index is 0. The van der Waals surface area contributed by atoms with Crippen molar-refractivity contribution in [3.8, 4) is 0 Å². The number of aromatic nitrogens is 1. The van der Waals surface area contributed by atoms with E-state index in [0.717, 1.165) is 16.5 Å². The number of fused-ring (bicyclic) bond motifs is 1. The van der Waals surface area contributed by atoms with Gasteiger partial charge >= 0.3 is 0 Å². The molecule has 1 aromatic heterocycles. The molecule has 0 aliphatic heterocycles. The van der Waals surface area contributed by atoms with Crippen molar-refractivity contribution < 1.29 is 4.79 Å². The normalized spacial score (nSPS) is 11.8. The number of benzene rings is 1. The van der Waals surface area contributed by atoms with Gasteiger partial charge in [0.25, 0.3) is 5.91 Å². The molecular weight excluding hydrogens is 335 g/mol. The van der Waals surface area contributed by atoms with Gasteiger partial charge in [-0.3, -0.25) is 9.78 Å². The molecular formula is C16H22Cl2N4O. The van der Waals surface area contributed by atoms with Crippen LogP contribution in [0.5, 0.6) is 0 Å². The molecule has 0 bridgehead atoms. The molecule has 0 aliphatic rings. The van der Waals surface area contributed by atoms with Crippen LogP contribution in [0.4, 0.5) is 0 Å². The minimum Gasteiger partial charge on any atom is -0.320 e. The fraction of sp³-hybridized carbons (Fsp3) is 0.312. The number of hydrazone groups is 1. The van der Waals surface area contributed by atoms with Crippen molar-refractivity contribution in [2.75, 3.05) is 0 Å². The van der Waals surface area contributed by atoms with Crippen molar-refractivity contribution in [1.29, 1.82) is 0 Å². The van der Waals surface area contributed by atoms with Crippen LogP contribution in [0.2, 0.25) is 0 Å². The van der Waals surface area contributed by atoms with E-state index in [1.165, 1.54) is 0 Å². The van der Waals surface area contributed by atoms with E-state index in [4.69, 9.17) is 5.73 Å². The lowest BCUT2D eigenvalue weighted by Crippen LogP contribution is -2.39. The van der Waals surface area contributed by atoms with E-state index in [9.17, 15) is 4.79 Å². The summed E-state index contributed by atoms with van der Waals surface area (Å²) in [6.07, 6.45) is 4.00. The molecule has 7 heteroatoms. The number of amides is 1. The number of hydrogen-bond acceptors (Lipinski definition) is 4. The third-order valence-corrected chi connectivity index (χ3v) is 3.08.